The molecule has 4 radical (unpaired) electrons. The van der Waals surface area contributed by atoms with Crippen LogP contribution in [-0.4, -0.2) is 21.6 Å². The first-order chi connectivity index (χ1) is 6.51. The largest absolute Gasteiger partial charge is 0.353 e. The first-order valence-electron chi connectivity index (χ1n) is 4.17. The Morgan fingerprint density at radius 3 is 2.86 bits per heavy atom. The maximum atomic E-state index is 12.9. The summed E-state index contributed by atoms with van der Waals surface area (Å²) < 4.78 is 12.9. The summed E-state index contributed by atoms with van der Waals surface area (Å²) in [7, 11) is 11.2. The molecule has 1 aromatic rings. The van der Waals surface area contributed by atoms with Crippen molar-refractivity contribution in [2.24, 2.45) is 0 Å². The molecule has 1 aromatic carbocycles. The molecule has 0 spiro atoms. The van der Waals surface area contributed by atoms with Gasteiger partial charge in [-0.05, 0) is 28.5 Å². The molecule has 66 valence electrons. The average Bonchev–Trinajstić information content (AvgIpc) is 2.13. The van der Waals surface area contributed by atoms with Crippen LogP contribution in [0.5, 0.6) is 0 Å². The average molecular weight is 185 g/mol. The van der Waals surface area contributed by atoms with Crippen LogP contribution >= 0.6 is 0 Å². The molecule has 14 heavy (non-hydrogen) atoms. The van der Waals surface area contributed by atoms with Gasteiger partial charge in [0.05, 0.1) is 15.7 Å². The van der Waals surface area contributed by atoms with Crippen LogP contribution in [0.3, 0.4) is 0 Å². The smallest absolute Gasteiger partial charge is 0.213 e. The summed E-state index contributed by atoms with van der Waals surface area (Å²) in [4.78, 5) is 11.3. The zero-order valence-corrected chi connectivity index (χ0v) is 7.38. The predicted octanol–water partition coefficient (Wildman–Crippen LogP) is -0.0547. The molecule has 0 saturated carbocycles. The Bertz CT molecular complexity index is 406. The quantitative estimate of drug-likeness (QED) is 0.563. The fourth-order valence-corrected chi connectivity index (χ4v) is 1.53. The maximum Gasteiger partial charge on any atom is 0.213 e. The molecule has 1 amide bonds. The van der Waals surface area contributed by atoms with E-state index in [0.717, 1.165) is 5.56 Å². The van der Waals surface area contributed by atoms with E-state index in [1.807, 2.05) is 0 Å². The number of amides is 1. The molecule has 0 aromatic heterocycles. The highest BCUT2D eigenvalue weighted by molar-refractivity contribution is 6.51. The van der Waals surface area contributed by atoms with Crippen molar-refractivity contribution in [2.75, 3.05) is 0 Å². The number of carbonyl (C=O) groups excluding carboxylic acids is 1. The number of rotatable bonds is 0. The van der Waals surface area contributed by atoms with E-state index in [-0.39, 0.29) is 0 Å². The van der Waals surface area contributed by atoms with Gasteiger partial charge in [-0.2, -0.15) is 0 Å². The molecular weight excluding hydrogens is 179 g/mol. The minimum atomic E-state index is -1.63. The van der Waals surface area contributed by atoms with Crippen LogP contribution in [0.1, 0.15) is 11.1 Å². The molecule has 0 atom stereocenters. The van der Waals surface area contributed by atoms with Crippen LogP contribution in [0.4, 0.5) is 4.39 Å². The van der Waals surface area contributed by atoms with E-state index in [9.17, 15) is 9.18 Å². The van der Waals surface area contributed by atoms with E-state index in [1.165, 1.54) is 12.1 Å². The Balaban J connectivity index is 2.61. The molecule has 1 aliphatic rings. The highest BCUT2D eigenvalue weighted by Crippen LogP contribution is 2.26. The molecule has 0 saturated heterocycles. The van der Waals surface area contributed by atoms with Gasteiger partial charge in [0.1, 0.15) is 5.82 Å². The summed E-state index contributed by atoms with van der Waals surface area (Å²) in [6.45, 7) is 0.338. The van der Waals surface area contributed by atoms with Gasteiger partial charge in [-0.1, -0.05) is 6.07 Å². The molecule has 0 aliphatic carbocycles. The molecule has 1 aliphatic heterocycles. The summed E-state index contributed by atoms with van der Waals surface area (Å²) >= 11 is 0. The van der Waals surface area contributed by atoms with Crippen LogP contribution < -0.4 is 5.32 Å². The Kier molecular flexibility index (Phi) is 1.91. The molecular formula is C9H6B2FNO. The molecule has 0 unspecified atom stereocenters. The number of hydrogen-bond acceptors (Lipinski definition) is 1. The second-order valence-electron chi connectivity index (χ2n) is 3.35. The number of nitrogens with one attached hydrogen (secondary N) is 1. The third-order valence-electron chi connectivity index (χ3n) is 2.33. The van der Waals surface area contributed by atoms with Crippen molar-refractivity contribution in [2.45, 2.75) is 11.8 Å². The van der Waals surface area contributed by atoms with Gasteiger partial charge >= 0.3 is 0 Å². The molecule has 1 N–H and O–H groups in total. The summed E-state index contributed by atoms with van der Waals surface area (Å²) in [5.74, 6) is -0.936. The molecule has 2 rings (SSSR count). The molecule has 5 heteroatoms. The lowest BCUT2D eigenvalue weighted by molar-refractivity contribution is -0.122. The van der Waals surface area contributed by atoms with Crippen molar-refractivity contribution in [3.8, 4) is 0 Å². The van der Waals surface area contributed by atoms with Crippen molar-refractivity contribution in [3.63, 3.8) is 0 Å². The van der Waals surface area contributed by atoms with E-state index >= 15 is 0 Å². The number of benzene rings is 1. The van der Waals surface area contributed by atoms with E-state index in [1.54, 1.807) is 6.07 Å². The van der Waals surface area contributed by atoms with Crippen molar-refractivity contribution in [1.29, 1.82) is 0 Å². The van der Waals surface area contributed by atoms with Crippen LogP contribution in [0, 0.1) is 5.82 Å². The van der Waals surface area contributed by atoms with Crippen LogP contribution in [0.2, 0.25) is 0 Å². The first-order valence-corrected chi connectivity index (χ1v) is 4.17. The van der Waals surface area contributed by atoms with Crippen LogP contribution in [0.15, 0.2) is 18.2 Å². The number of carbonyl (C=O) groups is 1. The number of halogens is 1. The van der Waals surface area contributed by atoms with Gasteiger partial charge in [-0.15, -0.1) is 0 Å². The standard InChI is InChI=1S/C9H6B2FNO/c10-9(11)7-3-6(12)2-1-5(7)4-13-8(9)14/h1-3H,4H2,(H,13,14). The molecule has 1 heterocycles. The normalized spacial score (nSPS) is 18.5. The lowest BCUT2D eigenvalue weighted by atomic mass is 9.49. The Hall–Kier alpha value is -1.25. The van der Waals surface area contributed by atoms with Gasteiger partial charge in [0, 0.05) is 6.54 Å². The second kappa shape index (κ2) is 2.87. The van der Waals surface area contributed by atoms with Crippen molar-refractivity contribution < 1.29 is 9.18 Å². The number of fused-ring (bicyclic) bond motifs is 1. The van der Waals surface area contributed by atoms with E-state index in [2.05, 4.69) is 5.32 Å². The monoisotopic (exact) mass is 185 g/mol. The lowest BCUT2D eigenvalue weighted by Crippen LogP contribution is -2.49. The van der Waals surface area contributed by atoms with Crippen molar-refractivity contribution >= 4 is 21.6 Å². The minimum Gasteiger partial charge on any atom is -0.353 e. The van der Waals surface area contributed by atoms with Crippen LogP contribution in [0.25, 0.3) is 0 Å². The number of hydrogen-bond donors (Lipinski definition) is 1. The van der Waals surface area contributed by atoms with Gasteiger partial charge in [-0.3, -0.25) is 4.79 Å². The van der Waals surface area contributed by atoms with Gasteiger partial charge in [0.15, 0.2) is 0 Å². The van der Waals surface area contributed by atoms with Crippen molar-refractivity contribution in [3.05, 3.63) is 35.1 Å². The summed E-state index contributed by atoms with van der Waals surface area (Å²) in [6.07, 6.45) is 0. The zero-order valence-electron chi connectivity index (χ0n) is 7.38. The van der Waals surface area contributed by atoms with Crippen molar-refractivity contribution in [1.82, 2.24) is 5.32 Å². The van der Waals surface area contributed by atoms with Gasteiger partial charge in [0.2, 0.25) is 5.91 Å². The Labute approximate surface area is 83.7 Å². The fourth-order valence-electron chi connectivity index (χ4n) is 1.53. The Morgan fingerprint density at radius 2 is 2.14 bits per heavy atom. The third kappa shape index (κ3) is 1.24. The molecule has 0 fully saturated rings. The van der Waals surface area contributed by atoms with E-state index < -0.39 is 16.9 Å². The van der Waals surface area contributed by atoms with E-state index in [4.69, 9.17) is 15.7 Å². The van der Waals surface area contributed by atoms with Crippen LogP contribution in [-0.2, 0) is 16.6 Å². The third-order valence-corrected chi connectivity index (χ3v) is 2.33. The summed E-state index contributed by atoms with van der Waals surface area (Å²) in [6, 6.07) is 4.08. The SMILES string of the molecule is [B]C1([B])C(=O)NCc2ccc(F)cc21. The predicted molar refractivity (Wildman–Crippen MR) is 51.4 cm³/mol. The maximum absolute atomic E-state index is 12.9. The lowest BCUT2D eigenvalue weighted by Gasteiger charge is -2.32. The topological polar surface area (TPSA) is 29.1 Å². The highest BCUT2D eigenvalue weighted by Gasteiger charge is 2.34. The zero-order chi connectivity index (χ0) is 10.3. The summed E-state index contributed by atoms with van der Waals surface area (Å²) in [5.41, 5.74) is 1.09. The highest BCUT2D eigenvalue weighted by atomic mass is 19.1. The van der Waals surface area contributed by atoms with E-state index in [0.29, 0.717) is 12.1 Å². The minimum absolute atomic E-state index is 0.338. The molecule has 2 nitrogen and oxygen atoms in total. The van der Waals surface area contributed by atoms with Gasteiger partial charge in [-0.25, -0.2) is 4.39 Å². The Morgan fingerprint density at radius 1 is 1.43 bits per heavy atom. The van der Waals surface area contributed by atoms with Gasteiger partial charge in [0.25, 0.3) is 0 Å². The molecule has 0 bridgehead atoms. The second-order valence-corrected chi connectivity index (χ2v) is 3.35. The van der Waals surface area contributed by atoms with Gasteiger partial charge < -0.3 is 5.32 Å². The fraction of sp³-hybridized carbons (Fsp3) is 0.222. The summed E-state index contributed by atoms with van der Waals surface area (Å²) in [5, 5.41) is 0.907. The first kappa shape index (κ1) is 9.31.